The molecule has 11 heavy (non-hydrogen) atoms. The summed E-state index contributed by atoms with van der Waals surface area (Å²) < 4.78 is 0. The lowest BCUT2D eigenvalue weighted by atomic mass is 10.6. The molecule has 0 radical (unpaired) electrons. The maximum absolute atomic E-state index is 10.6. The summed E-state index contributed by atoms with van der Waals surface area (Å²) in [6.45, 7) is -2.16. The van der Waals surface area contributed by atoms with Gasteiger partial charge in [-0.05, 0) is 0 Å². The topological polar surface area (TPSA) is 87.1 Å². The van der Waals surface area contributed by atoms with Gasteiger partial charge >= 0.3 is 0 Å². The number of hydroxylamine groups is 2. The summed E-state index contributed by atoms with van der Waals surface area (Å²) in [4.78, 5) is 25.2. The highest BCUT2D eigenvalue weighted by Gasteiger charge is 2.26. The van der Waals surface area contributed by atoms with E-state index in [1.807, 2.05) is 0 Å². The van der Waals surface area contributed by atoms with Crippen molar-refractivity contribution < 1.29 is 24.6 Å². The molecule has 0 bridgehead atoms. The van der Waals surface area contributed by atoms with E-state index in [4.69, 9.17) is 10.2 Å². The Morgan fingerprint density at radius 1 is 1.27 bits per heavy atom. The molecule has 1 aliphatic heterocycles. The molecule has 6 nitrogen and oxygen atoms in total. The van der Waals surface area contributed by atoms with E-state index in [9.17, 15) is 9.59 Å². The molecule has 0 fully saturated rings. The number of aliphatic hydroxyl groups is 2. The average molecular weight is 159 g/mol. The highest BCUT2D eigenvalue weighted by Crippen LogP contribution is 2.04. The Morgan fingerprint density at radius 3 is 2.09 bits per heavy atom. The Hall–Kier alpha value is -1.24. The lowest BCUT2D eigenvalue weighted by molar-refractivity contribution is -0.316. The molecule has 1 heterocycles. The molecule has 1 rings (SSSR count). The highest BCUT2D eigenvalue weighted by atomic mass is 16.8. The molecule has 0 unspecified atom stereocenters. The van der Waals surface area contributed by atoms with E-state index < -0.39 is 18.3 Å². The third-order valence-corrected chi connectivity index (χ3v) is 0.969. The van der Waals surface area contributed by atoms with Crippen molar-refractivity contribution >= 4 is 11.8 Å². The van der Waals surface area contributed by atoms with Crippen LogP contribution in [-0.4, -0.2) is 33.6 Å². The van der Waals surface area contributed by atoms with Crippen LogP contribution >= 0.6 is 0 Å². The molecule has 0 saturated heterocycles. The van der Waals surface area contributed by atoms with Crippen molar-refractivity contribution in [2.75, 3.05) is 0 Å². The van der Waals surface area contributed by atoms with Crippen molar-refractivity contribution in [1.29, 1.82) is 0 Å². The van der Waals surface area contributed by atoms with E-state index in [2.05, 4.69) is 4.84 Å². The van der Waals surface area contributed by atoms with Crippen LogP contribution in [-0.2, 0) is 14.4 Å². The van der Waals surface area contributed by atoms with Crippen molar-refractivity contribution in [1.82, 2.24) is 5.06 Å². The SMILES string of the molecule is O=C1C=CC(=O)N1OC(O)O. The van der Waals surface area contributed by atoms with Gasteiger partial charge in [0.15, 0.2) is 0 Å². The third kappa shape index (κ3) is 1.61. The Kier molecular flexibility index (Phi) is 1.99. The van der Waals surface area contributed by atoms with Crippen LogP contribution in [0.4, 0.5) is 0 Å². The van der Waals surface area contributed by atoms with Gasteiger partial charge in [-0.15, -0.1) is 5.06 Å². The van der Waals surface area contributed by atoms with Gasteiger partial charge in [0.2, 0.25) is 0 Å². The van der Waals surface area contributed by atoms with Crippen LogP contribution in [0.2, 0.25) is 0 Å². The number of aliphatic hydroxyl groups excluding tert-OH is 1. The molecule has 0 aromatic rings. The fourth-order valence-corrected chi connectivity index (χ4v) is 0.585. The summed E-state index contributed by atoms with van der Waals surface area (Å²) >= 11 is 0. The van der Waals surface area contributed by atoms with Crippen molar-refractivity contribution in [2.24, 2.45) is 0 Å². The van der Waals surface area contributed by atoms with Crippen LogP contribution in [0.1, 0.15) is 0 Å². The summed E-state index contributed by atoms with van der Waals surface area (Å²) in [7, 11) is 0. The molecule has 1 aliphatic rings. The second-order valence-corrected chi connectivity index (χ2v) is 1.74. The normalized spacial score (nSPS) is 17.2. The van der Waals surface area contributed by atoms with Crippen molar-refractivity contribution in [3.8, 4) is 0 Å². The highest BCUT2D eigenvalue weighted by molar-refractivity contribution is 6.11. The summed E-state index contributed by atoms with van der Waals surface area (Å²) in [6, 6.07) is 0. The van der Waals surface area contributed by atoms with Gasteiger partial charge in [0, 0.05) is 12.2 Å². The number of carbonyl (C=O) groups excluding carboxylic acids is 2. The molecule has 0 aromatic carbocycles. The first-order chi connectivity index (χ1) is 5.11. The maximum Gasteiger partial charge on any atom is 0.290 e. The van der Waals surface area contributed by atoms with Gasteiger partial charge in [-0.2, -0.15) is 0 Å². The first-order valence-corrected chi connectivity index (χ1v) is 2.70. The quantitative estimate of drug-likeness (QED) is 0.363. The summed E-state index contributed by atoms with van der Waals surface area (Å²) in [5.74, 6) is -1.47. The Balaban J connectivity index is 2.59. The summed E-state index contributed by atoms with van der Waals surface area (Å²) in [5, 5.41) is 16.7. The van der Waals surface area contributed by atoms with Gasteiger partial charge in [0.1, 0.15) is 0 Å². The van der Waals surface area contributed by atoms with E-state index in [0.717, 1.165) is 12.2 Å². The maximum atomic E-state index is 10.6. The van der Waals surface area contributed by atoms with Crippen molar-refractivity contribution in [3.05, 3.63) is 12.2 Å². The second-order valence-electron chi connectivity index (χ2n) is 1.74. The molecule has 0 atom stereocenters. The molecular formula is C5H5NO5. The Bertz CT molecular complexity index is 203. The van der Waals surface area contributed by atoms with Crippen LogP contribution in [0.3, 0.4) is 0 Å². The molecule has 60 valence electrons. The van der Waals surface area contributed by atoms with Gasteiger partial charge in [-0.1, -0.05) is 0 Å². The van der Waals surface area contributed by atoms with E-state index in [1.54, 1.807) is 0 Å². The van der Waals surface area contributed by atoms with Crippen LogP contribution in [0.5, 0.6) is 0 Å². The number of amides is 2. The minimum atomic E-state index is -2.16. The fraction of sp³-hybridized carbons (Fsp3) is 0.200. The van der Waals surface area contributed by atoms with E-state index >= 15 is 0 Å². The number of hydrogen-bond acceptors (Lipinski definition) is 5. The van der Waals surface area contributed by atoms with Gasteiger partial charge in [-0.25, -0.2) is 4.84 Å². The third-order valence-electron chi connectivity index (χ3n) is 0.969. The number of imide groups is 1. The number of rotatable bonds is 2. The van der Waals surface area contributed by atoms with Gasteiger partial charge in [0.25, 0.3) is 18.3 Å². The second kappa shape index (κ2) is 2.79. The molecule has 0 aromatic heterocycles. The number of nitrogens with zero attached hydrogens (tertiary/aromatic N) is 1. The summed E-state index contributed by atoms with van der Waals surface area (Å²) in [5.41, 5.74) is 0. The van der Waals surface area contributed by atoms with Gasteiger partial charge in [0.05, 0.1) is 0 Å². The molecule has 6 heteroatoms. The van der Waals surface area contributed by atoms with Crippen LogP contribution in [0, 0.1) is 0 Å². The predicted molar refractivity (Wildman–Crippen MR) is 30.3 cm³/mol. The molecule has 2 amide bonds. The molecular weight excluding hydrogens is 154 g/mol. The fourth-order valence-electron chi connectivity index (χ4n) is 0.585. The van der Waals surface area contributed by atoms with Crippen molar-refractivity contribution in [2.45, 2.75) is 6.48 Å². The van der Waals surface area contributed by atoms with E-state index in [0.29, 0.717) is 0 Å². The minimum Gasteiger partial charge on any atom is -0.344 e. The first kappa shape index (κ1) is 7.86. The molecule has 2 N–H and O–H groups in total. The molecule has 0 aliphatic carbocycles. The predicted octanol–water partition coefficient (Wildman–Crippen LogP) is -1.89. The van der Waals surface area contributed by atoms with E-state index in [1.165, 1.54) is 0 Å². The molecule has 0 spiro atoms. The van der Waals surface area contributed by atoms with E-state index in [-0.39, 0.29) is 5.06 Å². The zero-order chi connectivity index (χ0) is 8.43. The smallest absolute Gasteiger partial charge is 0.290 e. The first-order valence-electron chi connectivity index (χ1n) is 2.70. The zero-order valence-electron chi connectivity index (χ0n) is 5.30. The number of hydrogen-bond donors (Lipinski definition) is 2. The number of carbonyl (C=O) groups is 2. The van der Waals surface area contributed by atoms with Crippen LogP contribution < -0.4 is 0 Å². The average Bonchev–Trinajstić information content (AvgIpc) is 2.18. The Morgan fingerprint density at radius 2 is 1.73 bits per heavy atom. The minimum absolute atomic E-state index is 0.255. The standard InChI is InChI=1S/C5H5NO5/c7-3-1-2-4(8)6(3)11-5(9)10/h1-2,5,9-10H. The molecule has 0 saturated carbocycles. The lowest BCUT2D eigenvalue weighted by Crippen LogP contribution is -2.34. The monoisotopic (exact) mass is 159 g/mol. The van der Waals surface area contributed by atoms with Crippen molar-refractivity contribution in [3.63, 3.8) is 0 Å². The zero-order valence-corrected chi connectivity index (χ0v) is 5.30. The van der Waals surface area contributed by atoms with Crippen LogP contribution in [0.25, 0.3) is 0 Å². The lowest BCUT2D eigenvalue weighted by Gasteiger charge is -2.13. The summed E-state index contributed by atoms with van der Waals surface area (Å²) in [6.07, 6.45) is 1.93. The van der Waals surface area contributed by atoms with Crippen LogP contribution in [0.15, 0.2) is 12.2 Å². The largest absolute Gasteiger partial charge is 0.344 e. The van der Waals surface area contributed by atoms with Gasteiger partial charge < -0.3 is 10.2 Å². The Labute approximate surface area is 61.2 Å². The van der Waals surface area contributed by atoms with Gasteiger partial charge in [-0.3, -0.25) is 9.59 Å².